The average Bonchev–Trinajstić information content (AvgIpc) is 2.74. The monoisotopic (exact) mass is 358 g/mol. The Morgan fingerprint density at radius 2 is 1.21 bits per heavy atom. The molecule has 6 aromatic rings. The molecule has 0 saturated carbocycles. The zero-order chi connectivity index (χ0) is 18.8. The molecule has 0 spiro atoms. The van der Waals surface area contributed by atoms with E-state index in [0.717, 1.165) is 27.5 Å². The van der Waals surface area contributed by atoms with Gasteiger partial charge in [0.05, 0.1) is 0 Å². The van der Waals surface area contributed by atoms with Crippen LogP contribution >= 0.6 is 0 Å². The molecular formula is C27H18O. The SMILES string of the molecule is Cc1c(O)c2ccc3cccc4ccc(c1-c1ccc5ccccc5c1)c2c34. The largest absolute Gasteiger partial charge is 0.507 e. The predicted octanol–water partition coefficient (Wildman–Crippen LogP) is 7.42. The van der Waals surface area contributed by atoms with Crippen molar-refractivity contribution in [1.82, 2.24) is 0 Å². The third-order valence-corrected chi connectivity index (χ3v) is 6.07. The summed E-state index contributed by atoms with van der Waals surface area (Å²) in [6, 6.07) is 29.9. The van der Waals surface area contributed by atoms with Crippen molar-refractivity contribution in [2.75, 3.05) is 0 Å². The van der Waals surface area contributed by atoms with E-state index in [1.807, 2.05) is 6.92 Å². The molecule has 28 heavy (non-hydrogen) atoms. The van der Waals surface area contributed by atoms with Crippen LogP contribution in [0.15, 0.2) is 84.9 Å². The van der Waals surface area contributed by atoms with E-state index >= 15 is 0 Å². The van der Waals surface area contributed by atoms with Crippen molar-refractivity contribution >= 4 is 43.1 Å². The predicted molar refractivity (Wildman–Crippen MR) is 119 cm³/mol. The molecule has 0 bridgehead atoms. The van der Waals surface area contributed by atoms with Crippen LogP contribution in [0, 0.1) is 6.92 Å². The molecule has 0 heterocycles. The van der Waals surface area contributed by atoms with Gasteiger partial charge in [-0.15, -0.1) is 0 Å². The van der Waals surface area contributed by atoms with Gasteiger partial charge in [0, 0.05) is 10.8 Å². The Hall–Kier alpha value is -3.58. The first kappa shape index (κ1) is 15.5. The average molecular weight is 358 g/mol. The number of aromatic hydroxyl groups is 1. The van der Waals surface area contributed by atoms with E-state index in [-0.39, 0.29) is 0 Å². The minimum absolute atomic E-state index is 0.383. The fourth-order valence-electron chi connectivity index (χ4n) is 4.73. The van der Waals surface area contributed by atoms with Crippen LogP contribution in [0.4, 0.5) is 0 Å². The summed E-state index contributed by atoms with van der Waals surface area (Å²) in [6.45, 7) is 2.02. The maximum Gasteiger partial charge on any atom is 0.126 e. The van der Waals surface area contributed by atoms with Gasteiger partial charge in [-0.2, -0.15) is 0 Å². The third kappa shape index (κ3) is 1.96. The molecule has 1 heteroatoms. The number of rotatable bonds is 1. The van der Waals surface area contributed by atoms with Gasteiger partial charge in [-0.3, -0.25) is 0 Å². The van der Waals surface area contributed by atoms with Gasteiger partial charge in [0.15, 0.2) is 0 Å². The van der Waals surface area contributed by atoms with E-state index in [1.54, 1.807) is 0 Å². The highest BCUT2D eigenvalue weighted by molar-refractivity contribution is 6.27. The van der Waals surface area contributed by atoms with E-state index < -0.39 is 0 Å². The summed E-state index contributed by atoms with van der Waals surface area (Å²) >= 11 is 0. The molecule has 0 unspecified atom stereocenters. The van der Waals surface area contributed by atoms with Crippen LogP contribution in [0.25, 0.3) is 54.2 Å². The maximum atomic E-state index is 11.1. The first-order valence-electron chi connectivity index (χ1n) is 9.60. The van der Waals surface area contributed by atoms with E-state index in [2.05, 4.69) is 84.9 Å². The normalized spacial score (nSPS) is 11.9. The molecule has 0 aliphatic rings. The van der Waals surface area contributed by atoms with Gasteiger partial charge in [-0.05, 0) is 68.1 Å². The second kappa shape index (κ2) is 5.46. The summed E-state index contributed by atoms with van der Waals surface area (Å²) in [5.41, 5.74) is 3.19. The Labute approximate surface area is 162 Å². The minimum atomic E-state index is 0.383. The van der Waals surface area contributed by atoms with Crippen LogP contribution in [0.1, 0.15) is 5.56 Å². The Morgan fingerprint density at radius 1 is 0.571 bits per heavy atom. The molecule has 0 aliphatic carbocycles. The lowest BCUT2D eigenvalue weighted by molar-refractivity contribution is 0.478. The molecule has 6 rings (SSSR count). The van der Waals surface area contributed by atoms with Crippen molar-refractivity contribution in [3.05, 3.63) is 90.5 Å². The molecule has 0 amide bonds. The van der Waals surface area contributed by atoms with Crippen LogP contribution in [-0.2, 0) is 0 Å². The van der Waals surface area contributed by atoms with Gasteiger partial charge in [0.25, 0.3) is 0 Å². The first-order chi connectivity index (χ1) is 13.7. The molecule has 0 radical (unpaired) electrons. The molecule has 0 fully saturated rings. The lowest BCUT2D eigenvalue weighted by Crippen LogP contribution is -1.92. The molecule has 6 aromatic carbocycles. The Kier molecular flexibility index (Phi) is 3.02. The van der Waals surface area contributed by atoms with Gasteiger partial charge in [0.2, 0.25) is 0 Å². The van der Waals surface area contributed by atoms with Gasteiger partial charge < -0.3 is 5.11 Å². The highest BCUT2D eigenvalue weighted by Gasteiger charge is 2.18. The number of phenols is 1. The van der Waals surface area contributed by atoms with Crippen LogP contribution < -0.4 is 0 Å². The summed E-state index contributed by atoms with van der Waals surface area (Å²) in [7, 11) is 0. The lowest BCUT2D eigenvalue weighted by Gasteiger charge is -2.18. The fourth-order valence-corrected chi connectivity index (χ4v) is 4.73. The number of hydrogen-bond donors (Lipinski definition) is 1. The summed E-state index contributed by atoms with van der Waals surface area (Å²) in [5.74, 6) is 0.383. The topological polar surface area (TPSA) is 20.2 Å². The summed E-state index contributed by atoms with van der Waals surface area (Å²) < 4.78 is 0. The van der Waals surface area contributed by atoms with Gasteiger partial charge in [-0.1, -0.05) is 72.8 Å². The highest BCUT2D eigenvalue weighted by atomic mass is 16.3. The van der Waals surface area contributed by atoms with Gasteiger partial charge >= 0.3 is 0 Å². The van der Waals surface area contributed by atoms with Gasteiger partial charge in [-0.25, -0.2) is 0 Å². The number of phenolic OH excluding ortho intramolecular Hbond substituents is 1. The van der Waals surface area contributed by atoms with E-state index in [4.69, 9.17) is 0 Å². The van der Waals surface area contributed by atoms with Gasteiger partial charge in [0.1, 0.15) is 5.75 Å². The quantitative estimate of drug-likeness (QED) is 0.303. The molecule has 132 valence electrons. The molecule has 1 nitrogen and oxygen atoms in total. The van der Waals surface area contributed by atoms with Crippen molar-refractivity contribution in [2.45, 2.75) is 6.92 Å². The Bertz CT molecular complexity index is 1510. The molecule has 0 aliphatic heterocycles. The Morgan fingerprint density at radius 3 is 2.00 bits per heavy atom. The molecular weight excluding hydrogens is 340 g/mol. The molecule has 1 N–H and O–H groups in total. The maximum absolute atomic E-state index is 11.1. The van der Waals surface area contributed by atoms with Crippen LogP contribution in [-0.4, -0.2) is 5.11 Å². The van der Waals surface area contributed by atoms with Crippen molar-refractivity contribution in [3.8, 4) is 16.9 Å². The smallest absolute Gasteiger partial charge is 0.126 e. The zero-order valence-electron chi connectivity index (χ0n) is 15.5. The fraction of sp³-hybridized carbons (Fsp3) is 0.0370. The van der Waals surface area contributed by atoms with E-state index in [1.165, 1.54) is 32.3 Å². The zero-order valence-corrected chi connectivity index (χ0v) is 15.5. The van der Waals surface area contributed by atoms with Crippen LogP contribution in [0.5, 0.6) is 5.75 Å². The number of benzene rings is 6. The lowest BCUT2D eigenvalue weighted by atomic mass is 9.86. The summed E-state index contributed by atoms with van der Waals surface area (Å²) in [5, 5.41) is 20.5. The van der Waals surface area contributed by atoms with E-state index in [9.17, 15) is 5.11 Å². The standard InChI is InChI=1S/C27H18O/c1-16-24(21-10-9-17-5-2-3-6-20(17)15-21)22-13-11-18-7-4-8-19-12-14-23(27(16)28)26(22)25(18)19/h2-15,28H,1H3. The minimum Gasteiger partial charge on any atom is -0.507 e. The first-order valence-corrected chi connectivity index (χ1v) is 9.60. The second-order valence-electron chi connectivity index (χ2n) is 7.59. The van der Waals surface area contributed by atoms with Crippen LogP contribution in [0.3, 0.4) is 0 Å². The van der Waals surface area contributed by atoms with Crippen molar-refractivity contribution in [2.24, 2.45) is 0 Å². The van der Waals surface area contributed by atoms with E-state index in [0.29, 0.717) is 5.75 Å². The van der Waals surface area contributed by atoms with Crippen LogP contribution in [0.2, 0.25) is 0 Å². The highest BCUT2D eigenvalue weighted by Crippen LogP contribution is 2.46. The second-order valence-corrected chi connectivity index (χ2v) is 7.59. The van der Waals surface area contributed by atoms with Crippen molar-refractivity contribution < 1.29 is 5.11 Å². The Balaban J connectivity index is 1.82. The number of fused-ring (bicyclic) bond motifs is 1. The number of hydrogen-bond acceptors (Lipinski definition) is 1. The summed E-state index contributed by atoms with van der Waals surface area (Å²) in [6.07, 6.45) is 0. The molecule has 0 atom stereocenters. The van der Waals surface area contributed by atoms with Crippen molar-refractivity contribution in [3.63, 3.8) is 0 Å². The molecule has 0 aromatic heterocycles. The van der Waals surface area contributed by atoms with Crippen molar-refractivity contribution in [1.29, 1.82) is 0 Å². The third-order valence-electron chi connectivity index (χ3n) is 6.07. The molecule has 0 saturated heterocycles. The summed E-state index contributed by atoms with van der Waals surface area (Å²) in [4.78, 5) is 0.